The molecular formula is C9H7NO2. The smallest absolute Gasteiger partial charge is 0.172 e. The summed E-state index contributed by atoms with van der Waals surface area (Å²) in [5.41, 5.74) is 0.606. The van der Waals surface area contributed by atoms with Crippen LogP contribution in [0.25, 0.3) is 0 Å². The molecule has 60 valence electrons. The highest BCUT2D eigenvalue weighted by molar-refractivity contribution is 6.05. The predicted molar refractivity (Wildman–Crippen MR) is 44.5 cm³/mol. The Balaban J connectivity index is 2.52. The second-order valence-electron chi connectivity index (χ2n) is 2.50. The number of hydrogen-bond acceptors (Lipinski definition) is 3. The van der Waals surface area contributed by atoms with E-state index in [2.05, 4.69) is 5.16 Å². The Labute approximate surface area is 69.6 Å². The van der Waals surface area contributed by atoms with Gasteiger partial charge in [0, 0.05) is 6.42 Å². The molecule has 0 saturated carbocycles. The van der Waals surface area contributed by atoms with Crippen molar-refractivity contribution in [1.29, 1.82) is 0 Å². The van der Waals surface area contributed by atoms with Gasteiger partial charge in [0.05, 0.1) is 11.8 Å². The van der Waals surface area contributed by atoms with Crippen molar-refractivity contribution in [2.24, 2.45) is 5.16 Å². The van der Waals surface area contributed by atoms with Crippen LogP contribution in [0.5, 0.6) is 5.75 Å². The number of benzene rings is 1. The molecule has 0 amide bonds. The van der Waals surface area contributed by atoms with Crippen LogP contribution in [0.3, 0.4) is 0 Å². The van der Waals surface area contributed by atoms with E-state index in [-0.39, 0.29) is 5.78 Å². The molecule has 0 radical (unpaired) electrons. The fraction of sp³-hybridized carbons (Fsp3) is 0.111. The minimum Gasteiger partial charge on any atom is -0.357 e. The van der Waals surface area contributed by atoms with E-state index in [1.165, 1.54) is 6.21 Å². The van der Waals surface area contributed by atoms with Crippen LogP contribution in [0.15, 0.2) is 29.4 Å². The summed E-state index contributed by atoms with van der Waals surface area (Å²) in [5, 5.41) is 3.62. The van der Waals surface area contributed by atoms with Crippen molar-refractivity contribution < 1.29 is 9.63 Å². The summed E-state index contributed by atoms with van der Waals surface area (Å²) in [6.45, 7) is 0. The van der Waals surface area contributed by atoms with Gasteiger partial charge in [-0.05, 0) is 12.1 Å². The first-order valence-corrected chi connectivity index (χ1v) is 3.69. The molecule has 1 aliphatic rings. The zero-order valence-electron chi connectivity index (χ0n) is 6.36. The van der Waals surface area contributed by atoms with Crippen LogP contribution >= 0.6 is 0 Å². The van der Waals surface area contributed by atoms with Crippen molar-refractivity contribution in [1.82, 2.24) is 0 Å². The molecule has 0 aliphatic carbocycles. The van der Waals surface area contributed by atoms with E-state index in [0.29, 0.717) is 17.7 Å². The summed E-state index contributed by atoms with van der Waals surface area (Å²) in [4.78, 5) is 16.3. The van der Waals surface area contributed by atoms with E-state index in [1.54, 1.807) is 12.1 Å². The first-order chi connectivity index (χ1) is 5.88. The summed E-state index contributed by atoms with van der Waals surface area (Å²) < 4.78 is 0. The first kappa shape index (κ1) is 7.03. The molecule has 0 aromatic heterocycles. The molecule has 0 spiro atoms. The third kappa shape index (κ3) is 1.09. The molecule has 0 N–H and O–H groups in total. The standard InChI is InChI=1S/C9H7NO2/c11-8-5-6-10-12-9-4-2-1-3-7(8)9/h1-4,6H,5H2. The van der Waals surface area contributed by atoms with E-state index in [4.69, 9.17) is 4.84 Å². The topological polar surface area (TPSA) is 38.7 Å². The van der Waals surface area contributed by atoms with Gasteiger partial charge >= 0.3 is 0 Å². The van der Waals surface area contributed by atoms with Crippen LogP contribution < -0.4 is 4.84 Å². The van der Waals surface area contributed by atoms with Crippen molar-refractivity contribution in [3.8, 4) is 5.75 Å². The SMILES string of the molecule is O=C1CC=NOc2ccccc21. The number of rotatable bonds is 0. The third-order valence-corrected chi connectivity index (χ3v) is 1.69. The van der Waals surface area contributed by atoms with E-state index < -0.39 is 0 Å². The van der Waals surface area contributed by atoms with Gasteiger partial charge in [-0.25, -0.2) is 0 Å². The minimum absolute atomic E-state index is 0.0480. The maximum absolute atomic E-state index is 11.3. The average Bonchev–Trinajstić information content (AvgIpc) is 2.29. The quantitative estimate of drug-likeness (QED) is 0.580. The van der Waals surface area contributed by atoms with E-state index in [9.17, 15) is 4.79 Å². The lowest BCUT2D eigenvalue weighted by atomic mass is 10.1. The Morgan fingerprint density at radius 1 is 1.33 bits per heavy atom. The number of carbonyl (C=O) groups excluding carboxylic acids is 1. The second-order valence-corrected chi connectivity index (χ2v) is 2.50. The maximum Gasteiger partial charge on any atom is 0.172 e. The molecule has 3 nitrogen and oxygen atoms in total. The molecule has 3 heteroatoms. The van der Waals surface area contributed by atoms with Crippen molar-refractivity contribution >= 4 is 12.0 Å². The average molecular weight is 161 g/mol. The monoisotopic (exact) mass is 161 g/mol. The molecule has 2 rings (SSSR count). The highest BCUT2D eigenvalue weighted by Crippen LogP contribution is 2.20. The highest BCUT2D eigenvalue weighted by Gasteiger charge is 2.13. The first-order valence-electron chi connectivity index (χ1n) is 3.69. The van der Waals surface area contributed by atoms with Gasteiger partial charge in [-0.2, -0.15) is 0 Å². The van der Waals surface area contributed by atoms with Crippen LogP contribution in [0.1, 0.15) is 16.8 Å². The van der Waals surface area contributed by atoms with Gasteiger partial charge < -0.3 is 4.84 Å². The predicted octanol–water partition coefficient (Wildman–Crippen LogP) is 1.64. The second kappa shape index (κ2) is 2.77. The fourth-order valence-corrected chi connectivity index (χ4v) is 1.10. The Kier molecular flexibility index (Phi) is 1.63. The van der Waals surface area contributed by atoms with Gasteiger partial charge in [0.25, 0.3) is 0 Å². The molecule has 1 aliphatic heterocycles. The lowest BCUT2D eigenvalue weighted by Gasteiger charge is -2.00. The van der Waals surface area contributed by atoms with Crippen LogP contribution in [-0.2, 0) is 0 Å². The van der Waals surface area contributed by atoms with Crippen molar-refractivity contribution in [3.63, 3.8) is 0 Å². The van der Waals surface area contributed by atoms with E-state index in [1.807, 2.05) is 12.1 Å². The van der Waals surface area contributed by atoms with E-state index in [0.717, 1.165) is 0 Å². The van der Waals surface area contributed by atoms with Crippen LogP contribution in [0, 0.1) is 0 Å². The molecule has 1 aromatic carbocycles. The Bertz CT molecular complexity index is 344. The van der Waals surface area contributed by atoms with Crippen LogP contribution in [-0.4, -0.2) is 12.0 Å². The van der Waals surface area contributed by atoms with Gasteiger partial charge in [0.1, 0.15) is 0 Å². The summed E-state index contributed by atoms with van der Waals surface area (Å²) in [5.74, 6) is 0.586. The van der Waals surface area contributed by atoms with Crippen molar-refractivity contribution in [2.45, 2.75) is 6.42 Å². The van der Waals surface area contributed by atoms with Crippen molar-refractivity contribution in [2.75, 3.05) is 0 Å². The lowest BCUT2D eigenvalue weighted by molar-refractivity contribution is 0.100. The van der Waals surface area contributed by atoms with Gasteiger partial charge in [-0.15, -0.1) is 0 Å². The number of ketones is 1. The van der Waals surface area contributed by atoms with Crippen molar-refractivity contribution in [3.05, 3.63) is 29.8 Å². The molecule has 0 atom stereocenters. The zero-order valence-corrected chi connectivity index (χ0v) is 6.36. The molecule has 0 bridgehead atoms. The maximum atomic E-state index is 11.3. The largest absolute Gasteiger partial charge is 0.357 e. The number of carbonyl (C=O) groups is 1. The highest BCUT2D eigenvalue weighted by atomic mass is 16.6. The molecular weight excluding hydrogens is 154 g/mol. The molecule has 0 saturated heterocycles. The van der Waals surface area contributed by atoms with Gasteiger partial charge in [0.2, 0.25) is 0 Å². The zero-order chi connectivity index (χ0) is 8.39. The summed E-state index contributed by atoms with van der Waals surface area (Å²) in [6.07, 6.45) is 1.79. The number of fused-ring (bicyclic) bond motifs is 1. The molecule has 0 fully saturated rings. The van der Waals surface area contributed by atoms with E-state index >= 15 is 0 Å². The van der Waals surface area contributed by atoms with Crippen LogP contribution in [0.4, 0.5) is 0 Å². The molecule has 1 aromatic rings. The van der Waals surface area contributed by atoms with Gasteiger partial charge in [-0.1, -0.05) is 17.3 Å². The van der Waals surface area contributed by atoms with Gasteiger partial charge in [0.15, 0.2) is 11.5 Å². The third-order valence-electron chi connectivity index (χ3n) is 1.69. The molecule has 12 heavy (non-hydrogen) atoms. The Hall–Kier alpha value is -1.64. The summed E-state index contributed by atoms with van der Waals surface area (Å²) in [6, 6.07) is 7.10. The minimum atomic E-state index is 0.0480. The Morgan fingerprint density at radius 3 is 3.08 bits per heavy atom. The normalized spacial score (nSPS) is 14.8. The number of oxime groups is 1. The fourth-order valence-electron chi connectivity index (χ4n) is 1.10. The summed E-state index contributed by atoms with van der Waals surface area (Å²) in [7, 11) is 0. The van der Waals surface area contributed by atoms with Gasteiger partial charge in [-0.3, -0.25) is 4.79 Å². The molecule has 1 heterocycles. The molecule has 0 unspecified atom stereocenters. The van der Waals surface area contributed by atoms with Crippen LogP contribution in [0.2, 0.25) is 0 Å². The summed E-state index contributed by atoms with van der Waals surface area (Å²) >= 11 is 0. The Morgan fingerprint density at radius 2 is 2.17 bits per heavy atom. The number of hydrogen-bond donors (Lipinski definition) is 0. The number of nitrogens with zero attached hydrogens (tertiary/aromatic N) is 1. The number of Topliss-reactive ketones (excluding diaryl/α,β-unsaturated/α-hetero) is 1. The number of para-hydroxylation sites is 1. The lowest BCUT2D eigenvalue weighted by Crippen LogP contribution is -1.97.